The second-order valence-corrected chi connectivity index (χ2v) is 6.00. The molecule has 0 aromatic heterocycles. The Kier molecular flexibility index (Phi) is 4.11. The Labute approximate surface area is 118 Å². The van der Waals surface area contributed by atoms with Crippen LogP contribution < -0.4 is 4.74 Å². The SMILES string of the molecule is COc1cccc(Cc2cc(C)ccc2S(=O)(=O)O)c1. The quantitative estimate of drug-likeness (QED) is 0.880. The van der Waals surface area contributed by atoms with E-state index in [1.54, 1.807) is 19.2 Å². The van der Waals surface area contributed by atoms with E-state index < -0.39 is 10.1 Å². The van der Waals surface area contributed by atoms with Gasteiger partial charge in [-0.1, -0.05) is 29.8 Å². The first-order valence-electron chi connectivity index (χ1n) is 6.10. The Morgan fingerprint density at radius 2 is 1.90 bits per heavy atom. The molecule has 2 aromatic rings. The Morgan fingerprint density at radius 1 is 1.15 bits per heavy atom. The van der Waals surface area contributed by atoms with E-state index in [-0.39, 0.29) is 4.90 Å². The van der Waals surface area contributed by atoms with Crippen LogP contribution in [0.15, 0.2) is 47.4 Å². The largest absolute Gasteiger partial charge is 0.497 e. The van der Waals surface area contributed by atoms with Crippen LogP contribution in [0.2, 0.25) is 0 Å². The average molecular weight is 292 g/mol. The van der Waals surface area contributed by atoms with Gasteiger partial charge in [0.25, 0.3) is 10.1 Å². The Morgan fingerprint density at radius 3 is 2.55 bits per heavy atom. The third kappa shape index (κ3) is 3.37. The molecule has 0 heterocycles. The van der Waals surface area contributed by atoms with E-state index in [9.17, 15) is 13.0 Å². The van der Waals surface area contributed by atoms with Crippen LogP contribution in [0.4, 0.5) is 0 Å². The predicted molar refractivity (Wildman–Crippen MR) is 76.8 cm³/mol. The summed E-state index contributed by atoms with van der Waals surface area (Å²) in [5.74, 6) is 0.712. The van der Waals surface area contributed by atoms with Gasteiger partial charge in [0.1, 0.15) is 5.75 Å². The zero-order chi connectivity index (χ0) is 14.8. The molecule has 0 spiro atoms. The van der Waals surface area contributed by atoms with Gasteiger partial charge in [0.05, 0.1) is 12.0 Å². The van der Waals surface area contributed by atoms with Crippen molar-refractivity contribution in [2.75, 3.05) is 7.11 Å². The Hall–Kier alpha value is -1.85. The summed E-state index contributed by atoms with van der Waals surface area (Å²) in [7, 11) is -2.64. The molecule has 0 unspecified atom stereocenters. The van der Waals surface area contributed by atoms with Crippen molar-refractivity contribution in [3.63, 3.8) is 0 Å². The van der Waals surface area contributed by atoms with Crippen molar-refractivity contribution < 1.29 is 17.7 Å². The fourth-order valence-corrected chi connectivity index (χ4v) is 2.80. The minimum absolute atomic E-state index is 0.0501. The Bertz CT molecular complexity index is 720. The molecule has 106 valence electrons. The maximum Gasteiger partial charge on any atom is 0.294 e. The van der Waals surface area contributed by atoms with E-state index in [1.807, 2.05) is 31.2 Å². The maximum absolute atomic E-state index is 11.4. The predicted octanol–water partition coefficient (Wildman–Crippen LogP) is 2.84. The molecule has 0 fully saturated rings. The van der Waals surface area contributed by atoms with Gasteiger partial charge in [-0.2, -0.15) is 8.42 Å². The molecule has 0 aliphatic rings. The van der Waals surface area contributed by atoms with Crippen LogP contribution in [-0.2, 0) is 16.5 Å². The van der Waals surface area contributed by atoms with Gasteiger partial charge in [-0.05, 0) is 42.7 Å². The summed E-state index contributed by atoms with van der Waals surface area (Å²) in [5, 5.41) is 0. The summed E-state index contributed by atoms with van der Waals surface area (Å²) >= 11 is 0. The van der Waals surface area contributed by atoms with E-state index in [0.29, 0.717) is 17.7 Å². The molecule has 0 radical (unpaired) electrons. The van der Waals surface area contributed by atoms with E-state index in [1.165, 1.54) is 6.07 Å². The van der Waals surface area contributed by atoms with Crippen LogP contribution >= 0.6 is 0 Å². The van der Waals surface area contributed by atoms with E-state index in [4.69, 9.17) is 4.74 Å². The summed E-state index contributed by atoms with van der Waals surface area (Å²) in [6.07, 6.45) is 0.411. The van der Waals surface area contributed by atoms with Gasteiger partial charge < -0.3 is 4.74 Å². The molecule has 4 nitrogen and oxygen atoms in total. The lowest BCUT2D eigenvalue weighted by Gasteiger charge is -2.09. The fraction of sp³-hybridized carbons (Fsp3) is 0.200. The summed E-state index contributed by atoms with van der Waals surface area (Å²) < 4.78 is 37.3. The minimum atomic E-state index is -4.22. The van der Waals surface area contributed by atoms with Crippen LogP contribution in [0.5, 0.6) is 5.75 Å². The minimum Gasteiger partial charge on any atom is -0.497 e. The van der Waals surface area contributed by atoms with Gasteiger partial charge in [0.15, 0.2) is 0 Å². The molecule has 20 heavy (non-hydrogen) atoms. The van der Waals surface area contributed by atoms with Crippen molar-refractivity contribution in [3.05, 3.63) is 59.2 Å². The fourth-order valence-electron chi connectivity index (χ4n) is 2.10. The highest BCUT2D eigenvalue weighted by Gasteiger charge is 2.15. The topological polar surface area (TPSA) is 63.6 Å². The number of benzene rings is 2. The number of rotatable bonds is 4. The summed E-state index contributed by atoms with van der Waals surface area (Å²) in [4.78, 5) is -0.0501. The lowest BCUT2D eigenvalue weighted by Crippen LogP contribution is -2.04. The van der Waals surface area contributed by atoms with Gasteiger partial charge in [-0.25, -0.2) is 0 Å². The molecule has 0 saturated heterocycles. The van der Waals surface area contributed by atoms with Crippen molar-refractivity contribution in [3.8, 4) is 5.75 Å². The van der Waals surface area contributed by atoms with Gasteiger partial charge in [-0.15, -0.1) is 0 Å². The Balaban J connectivity index is 2.44. The molecule has 5 heteroatoms. The van der Waals surface area contributed by atoms with Crippen LogP contribution in [-0.4, -0.2) is 20.1 Å². The molecule has 0 saturated carbocycles. The third-order valence-electron chi connectivity index (χ3n) is 3.02. The standard InChI is InChI=1S/C15H16O4S/c1-11-6-7-15(20(16,17)18)13(8-11)9-12-4-3-5-14(10-12)19-2/h3-8,10H,9H2,1-2H3,(H,16,17,18). The van der Waals surface area contributed by atoms with E-state index in [2.05, 4.69) is 0 Å². The second-order valence-electron chi connectivity index (χ2n) is 4.61. The van der Waals surface area contributed by atoms with Crippen molar-refractivity contribution in [1.29, 1.82) is 0 Å². The van der Waals surface area contributed by atoms with E-state index >= 15 is 0 Å². The number of hydrogen-bond acceptors (Lipinski definition) is 3. The smallest absolute Gasteiger partial charge is 0.294 e. The molecule has 2 rings (SSSR count). The third-order valence-corrected chi connectivity index (χ3v) is 3.98. The number of methoxy groups -OCH3 is 1. The molecule has 1 N–H and O–H groups in total. The van der Waals surface area contributed by atoms with Crippen molar-refractivity contribution in [2.24, 2.45) is 0 Å². The number of ether oxygens (including phenoxy) is 1. The normalized spacial score (nSPS) is 11.3. The van der Waals surface area contributed by atoms with Crippen LogP contribution in [0.3, 0.4) is 0 Å². The van der Waals surface area contributed by atoms with Crippen molar-refractivity contribution >= 4 is 10.1 Å². The molecule has 0 bridgehead atoms. The highest BCUT2D eigenvalue weighted by Crippen LogP contribution is 2.22. The highest BCUT2D eigenvalue weighted by molar-refractivity contribution is 7.85. The lowest BCUT2D eigenvalue weighted by molar-refractivity contribution is 0.414. The molecular weight excluding hydrogens is 276 g/mol. The molecule has 0 aliphatic heterocycles. The number of aryl methyl sites for hydroxylation is 1. The number of hydrogen-bond donors (Lipinski definition) is 1. The maximum atomic E-state index is 11.4. The van der Waals surface area contributed by atoms with Crippen LogP contribution in [0.25, 0.3) is 0 Å². The van der Waals surface area contributed by atoms with Gasteiger partial charge in [0.2, 0.25) is 0 Å². The first kappa shape index (κ1) is 14.6. The molecule has 2 aromatic carbocycles. The zero-order valence-corrected chi connectivity index (χ0v) is 12.1. The summed E-state index contributed by atoms with van der Waals surface area (Å²) in [6, 6.07) is 12.3. The second kappa shape index (κ2) is 5.64. The van der Waals surface area contributed by atoms with Crippen LogP contribution in [0.1, 0.15) is 16.7 Å². The van der Waals surface area contributed by atoms with Crippen LogP contribution in [0, 0.1) is 6.92 Å². The van der Waals surface area contributed by atoms with Gasteiger partial charge >= 0.3 is 0 Å². The first-order chi connectivity index (χ1) is 9.40. The van der Waals surface area contributed by atoms with Gasteiger partial charge in [0, 0.05) is 0 Å². The molecule has 0 aliphatic carbocycles. The summed E-state index contributed by atoms with van der Waals surface area (Å²) in [6.45, 7) is 1.88. The van der Waals surface area contributed by atoms with Crippen molar-refractivity contribution in [1.82, 2.24) is 0 Å². The molecular formula is C15H16O4S. The average Bonchev–Trinajstić information content (AvgIpc) is 2.37. The van der Waals surface area contributed by atoms with E-state index in [0.717, 1.165) is 11.1 Å². The lowest BCUT2D eigenvalue weighted by atomic mass is 10.0. The monoisotopic (exact) mass is 292 g/mol. The van der Waals surface area contributed by atoms with Gasteiger partial charge in [-0.3, -0.25) is 4.55 Å². The van der Waals surface area contributed by atoms with Crippen molar-refractivity contribution in [2.45, 2.75) is 18.2 Å². The molecule has 0 atom stereocenters. The summed E-state index contributed by atoms with van der Waals surface area (Å²) in [5.41, 5.74) is 2.43. The molecule has 0 amide bonds. The zero-order valence-electron chi connectivity index (χ0n) is 11.3. The highest BCUT2D eigenvalue weighted by atomic mass is 32.2. The first-order valence-corrected chi connectivity index (χ1v) is 7.54.